The Bertz CT molecular complexity index is 3070. The number of anilines is 6. The van der Waals surface area contributed by atoms with E-state index in [1.807, 2.05) is 11.3 Å². The van der Waals surface area contributed by atoms with Crippen LogP contribution in [0.1, 0.15) is 89.1 Å². The first-order chi connectivity index (χ1) is 28.7. The van der Waals surface area contributed by atoms with Crippen molar-refractivity contribution in [2.24, 2.45) is 0 Å². The zero-order valence-electron chi connectivity index (χ0n) is 36.5. The first kappa shape index (κ1) is 37.4. The smallest absolute Gasteiger partial charge is 0.252 e. The van der Waals surface area contributed by atoms with Crippen LogP contribution in [0.3, 0.4) is 0 Å². The molecule has 0 unspecified atom stereocenters. The maximum Gasteiger partial charge on any atom is 0.252 e. The Kier molecular flexibility index (Phi) is 8.09. The monoisotopic (exact) mass is 796 g/mol. The second kappa shape index (κ2) is 13.0. The molecule has 0 spiro atoms. The number of benzene rings is 7. The molecule has 0 radical (unpaired) electrons. The summed E-state index contributed by atoms with van der Waals surface area (Å²) in [6.07, 6.45) is 2.36. The van der Waals surface area contributed by atoms with E-state index in [0.29, 0.717) is 0 Å². The van der Waals surface area contributed by atoms with Crippen molar-refractivity contribution in [3.63, 3.8) is 0 Å². The van der Waals surface area contributed by atoms with Crippen molar-refractivity contribution < 1.29 is 0 Å². The van der Waals surface area contributed by atoms with Gasteiger partial charge in [-0.2, -0.15) is 0 Å². The Morgan fingerprint density at radius 1 is 0.533 bits per heavy atom. The minimum atomic E-state index is 0.0480. The van der Waals surface area contributed by atoms with Crippen molar-refractivity contribution in [3.8, 4) is 11.1 Å². The number of fused-ring (bicyclic) bond motifs is 8. The van der Waals surface area contributed by atoms with E-state index in [1.54, 1.807) is 0 Å². The zero-order chi connectivity index (χ0) is 41.5. The zero-order valence-corrected chi connectivity index (χ0v) is 37.3. The van der Waals surface area contributed by atoms with Crippen LogP contribution in [-0.2, 0) is 16.2 Å². The fourth-order valence-electron chi connectivity index (χ4n) is 10.8. The molecule has 0 fully saturated rings. The van der Waals surface area contributed by atoms with E-state index in [4.69, 9.17) is 0 Å². The molecular formula is C56H53BN2S. The van der Waals surface area contributed by atoms with Crippen molar-refractivity contribution in [2.45, 2.75) is 91.4 Å². The number of aryl methyl sites for hydroxylation is 2. The average Bonchev–Trinajstić information content (AvgIpc) is 3.59. The van der Waals surface area contributed by atoms with Crippen LogP contribution in [-0.4, -0.2) is 6.71 Å². The van der Waals surface area contributed by atoms with E-state index in [1.165, 1.54) is 122 Å². The van der Waals surface area contributed by atoms with Crippen molar-refractivity contribution in [1.29, 1.82) is 0 Å². The fourth-order valence-corrected chi connectivity index (χ4v) is 12.0. The lowest BCUT2D eigenvalue weighted by atomic mass is 9.33. The van der Waals surface area contributed by atoms with Crippen LogP contribution >= 0.6 is 11.3 Å². The molecule has 60 heavy (non-hydrogen) atoms. The summed E-state index contributed by atoms with van der Waals surface area (Å²) < 4.78 is 2.68. The van der Waals surface area contributed by atoms with Gasteiger partial charge in [0.1, 0.15) is 0 Å². The molecule has 3 heterocycles. The minimum Gasteiger partial charge on any atom is -0.311 e. The highest BCUT2D eigenvalue weighted by molar-refractivity contribution is 7.26. The summed E-state index contributed by atoms with van der Waals surface area (Å²) in [6, 6.07) is 51.5. The minimum absolute atomic E-state index is 0.0480. The van der Waals surface area contributed by atoms with Crippen LogP contribution < -0.4 is 26.2 Å². The first-order valence-electron chi connectivity index (χ1n) is 21.8. The summed E-state index contributed by atoms with van der Waals surface area (Å²) in [6.45, 7) is 21.5. The Hall–Kier alpha value is -5.58. The van der Waals surface area contributed by atoms with E-state index in [9.17, 15) is 0 Å². The highest BCUT2D eigenvalue weighted by Gasteiger charge is 2.47. The van der Waals surface area contributed by atoms with E-state index >= 15 is 0 Å². The summed E-state index contributed by atoms with van der Waals surface area (Å²) in [5, 5.41) is 2.66. The lowest BCUT2D eigenvalue weighted by Gasteiger charge is -2.48. The third-order valence-electron chi connectivity index (χ3n) is 14.2. The van der Waals surface area contributed by atoms with Crippen LogP contribution in [0.5, 0.6) is 0 Å². The third kappa shape index (κ3) is 5.52. The van der Waals surface area contributed by atoms with Gasteiger partial charge in [0.05, 0.1) is 5.69 Å². The summed E-state index contributed by atoms with van der Waals surface area (Å²) in [4.78, 5) is 5.28. The molecule has 8 aromatic rings. The lowest BCUT2D eigenvalue weighted by molar-refractivity contribution is 0.332. The third-order valence-corrected chi connectivity index (χ3v) is 15.3. The normalized spacial score (nSPS) is 16.1. The second-order valence-electron chi connectivity index (χ2n) is 20.2. The number of hydrogen-bond acceptors (Lipinski definition) is 3. The number of nitrogens with zero attached hydrogens (tertiary/aromatic N) is 2. The molecule has 4 heteroatoms. The molecule has 2 aliphatic heterocycles. The summed E-state index contributed by atoms with van der Waals surface area (Å²) in [5.74, 6) is 0. The summed E-state index contributed by atoms with van der Waals surface area (Å²) >= 11 is 1.93. The second-order valence-corrected chi connectivity index (χ2v) is 21.3. The lowest BCUT2D eigenvalue weighted by Crippen LogP contribution is -2.62. The highest BCUT2D eigenvalue weighted by Crippen LogP contribution is 2.52. The van der Waals surface area contributed by atoms with Gasteiger partial charge in [-0.15, -0.1) is 11.3 Å². The van der Waals surface area contributed by atoms with Gasteiger partial charge in [-0.25, -0.2) is 0 Å². The molecule has 3 aliphatic rings. The Morgan fingerprint density at radius 3 is 1.87 bits per heavy atom. The maximum absolute atomic E-state index is 2.67. The predicted molar refractivity (Wildman–Crippen MR) is 262 cm³/mol. The van der Waals surface area contributed by atoms with Crippen LogP contribution in [0.25, 0.3) is 31.3 Å². The van der Waals surface area contributed by atoms with E-state index in [2.05, 4.69) is 206 Å². The van der Waals surface area contributed by atoms with Gasteiger partial charge in [-0.05, 0) is 141 Å². The van der Waals surface area contributed by atoms with Crippen LogP contribution in [0.15, 0.2) is 133 Å². The molecule has 296 valence electrons. The van der Waals surface area contributed by atoms with Crippen LogP contribution in [0.2, 0.25) is 0 Å². The topological polar surface area (TPSA) is 6.48 Å². The SMILES string of the molecule is Cc1cc2c3c(c1)N(c1ccccc1-c1ccccc1)c1cc4c(cc1B3c1cc3c(cc1N2c1ccc(C(C)(C)C)cc1C)C(C)(C)CCC3(C)C)sc1ccccc14. The van der Waals surface area contributed by atoms with E-state index < -0.39 is 0 Å². The molecule has 0 atom stereocenters. The Morgan fingerprint density at radius 2 is 1.15 bits per heavy atom. The predicted octanol–water partition coefficient (Wildman–Crippen LogP) is 14.1. The van der Waals surface area contributed by atoms with Gasteiger partial charge in [0.15, 0.2) is 0 Å². The van der Waals surface area contributed by atoms with Crippen molar-refractivity contribution in [3.05, 3.63) is 161 Å². The molecule has 0 bridgehead atoms. The van der Waals surface area contributed by atoms with Crippen molar-refractivity contribution in [2.75, 3.05) is 9.80 Å². The van der Waals surface area contributed by atoms with Crippen LogP contribution in [0, 0.1) is 13.8 Å². The van der Waals surface area contributed by atoms with Crippen molar-refractivity contribution in [1.82, 2.24) is 0 Å². The number of hydrogen-bond donors (Lipinski definition) is 0. The summed E-state index contributed by atoms with van der Waals surface area (Å²) in [5.41, 5.74) is 21.3. The largest absolute Gasteiger partial charge is 0.311 e. The number of rotatable bonds is 3. The van der Waals surface area contributed by atoms with Crippen molar-refractivity contribution >= 4 is 88.7 Å². The Balaban J connectivity index is 1.29. The molecule has 0 saturated carbocycles. The van der Waals surface area contributed by atoms with Gasteiger partial charge in [-0.3, -0.25) is 0 Å². The maximum atomic E-state index is 2.67. The van der Waals surface area contributed by atoms with Gasteiger partial charge >= 0.3 is 0 Å². The quantitative estimate of drug-likeness (QED) is 0.164. The highest BCUT2D eigenvalue weighted by atomic mass is 32.1. The molecule has 7 aromatic carbocycles. The number of thiophene rings is 1. The number of para-hydroxylation sites is 1. The molecule has 0 amide bonds. The molecule has 0 saturated heterocycles. The van der Waals surface area contributed by atoms with E-state index in [-0.39, 0.29) is 23.0 Å². The molecule has 1 aliphatic carbocycles. The van der Waals surface area contributed by atoms with Crippen LogP contribution in [0.4, 0.5) is 34.1 Å². The molecule has 0 N–H and O–H groups in total. The van der Waals surface area contributed by atoms with Gasteiger partial charge < -0.3 is 9.80 Å². The molecule has 1 aromatic heterocycles. The Labute approximate surface area is 360 Å². The standard InChI is InChI=1S/C56H53BN2S/c1-34-27-49-53-50(28-34)59(46-21-15-13-19-38(46)36-17-11-10-12-18-36)47-30-40-39-20-14-16-22-51(39)60-52(40)33-44(47)57(53)43-31-41-42(56(8,9)26-25-55(41,6)7)32-48(43)58(49)45-24-23-37(29-35(45)2)54(3,4)5/h10-24,27-33H,25-26H2,1-9H3. The molecule has 2 nitrogen and oxygen atoms in total. The average molecular weight is 797 g/mol. The first-order valence-corrected chi connectivity index (χ1v) is 22.7. The molecular weight excluding hydrogens is 744 g/mol. The fraction of sp³-hybridized carbons (Fsp3) is 0.250. The summed E-state index contributed by atoms with van der Waals surface area (Å²) in [7, 11) is 0. The van der Waals surface area contributed by atoms with Gasteiger partial charge in [0.2, 0.25) is 0 Å². The van der Waals surface area contributed by atoms with Gasteiger partial charge in [0, 0.05) is 54.2 Å². The molecule has 11 rings (SSSR count). The van der Waals surface area contributed by atoms with Gasteiger partial charge in [-0.1, -0.05) is 133 Å². The van der Waals surface area contributed by atoms with Gasteiger partial charge in [0.25, 0.3) is 6.71 Å². The van der Waals surface area contributed by atoms with E-state index in [0.717, 1.165) is 0 Å².